The molecule has 148 valence electrons. The van der Waals surface area contributed by atoms with Crippen LogP contribution in [0, 0.1) is 13.8 Å². The zero-order valence-corrected chi connectivity index (χ0v) is 16.3. The fourth-order valence-electron chi connectivity index (χ4n) is 3.40. The van der Waals surface area contributed by atoms with E-state index >= 15 is 0 Å². The lowest BCUT2D eigenvalue weighted by molar-refractivity contribution is -0.117. The smallest absolute Gasteiger partial charge is 0.324 e. The Labute approximate surface area is 167 Å². The Balaban J connectivity index is 1.64. The van der Waals surface area contributed by atoms with Gasteiger partial charge in [0.05, 0.1) is 0 Å². The fraction of sp³-hybridized carbons (Fsp3) is 0.238. The number of hydrogen-bond acceptors (Lipinski definition) is 5. The second-order valence-corrected chi connectivity index (χ2v) is 7.00. The third kappa shape index (κ3) is 3.44. The van der Waals surface area contributed by atoms with Crippen LogP contribution < -0.4 is 21.3 Å². The molecule has 2 heterocycles. The minimum Gasteiger partial charge on any atom is -0.324 e. The third-order valence-corrected chi connectivity index (χ3v) is 5.14. The van der Waals surface area contributed by atoms with Gasteiger partial charge in [-0.05, 0) is 43.2 Å². The Morgan fingerprint density at radius 3 is 2.52 bits per heavy atom. The molecular weight excluding hydrogens is 370 g/mol. The van der Waals surface area contributed by atoms with Crippen LogP contribution in [-0.2, 0) is 17.9 Å². The first-order valence-corrected chi connectivity index (χ1v) is 9.36. The molecule has 0 unspecified atom stereocenters. The molecule has 8 nitrogen and oxygen atoms in total. The highest BCUT2D eigenvalue weighted by Gasteiger charge is 2.26. The first-order valence-electron chi connectivity index (χ1n) is 9.36. The Hall–Kier alpha value is -3.68. The standard InChI is InChI=1S/C21H21N5O3/c1-14-7-6-10-17(15(14)2)22-18(27)13-26-20(29)19(28)25-12-11-24(21(25)23-26)16-8-4-3-5-9-16/h3-10H,11-13H2,1-2H3,(H,22,27). The van der Waals surface area contributed by atoms with Crippen molar-refractivity contribution in [3.05, 3.63) is 80.4 Å². The molecule has 1 N–H and O–H groups in total. The van der Waals surface area contributed by atoms with Gasteiger partial charge in [0.1, 0.15) is 6.54 Å². The van der Waals surface area contributed by atoms with E-state index in [1.807, 2.05) is 61.2 Å². The molecule has 0 aliphatic carbocycles. The molecule has 3 aromatic rings. The molecular formula is C21H21N5O3. The Bertz CT molecular complexity index is 1200. The Morgan fingerprint density at radius 2 is 1.76 bits per heavy atom. The van der Waals surface area contributed by atoms with E-state index in [0.29, 0.717) is 24.7 Å². The van der Waals surface area contributed by atoms with Crippen LogP contribution in [-0.4, -0.2) is 26.8 Å². The van der Waals surface area contributed by atoms with E-state index in [1.165, 1.54) is 4.57 Å². The number of benzene rings is 2. The molecule has 0 radical (unpaired) electrons. The van der Waals surface area contributed by atoms with Crippen LogP contribution in [0.25, 0.3) is 0 Å². The average Bonchev–Trinajstić information content (AvgIpc) is 3.14. The highest BCUT2D eigenvalue weighted by atomic mass is 16.2. The van der Waals surface area contributed by atoms with Crippen molar-refractivity contribution in [1.82, 2.24) is 14.3 Å². The number of aryl methyl sites for hydroxylation is 1. The molecule has 0 fully saturated rings. The second-order valence-electron chi connectivity index (χ2n) is 7.00. The van der Waals surface area contributed by atoms with Gasteiger partial charge in [-0.3, -0.25) is 19.0 Å². The molecule has 4 rings (SSSR count). The van der Waals surface area contributed by atoms with Crippen molar-refractivity contribution in [3.63, 3.8) is 0 Å². The van der Waals surface area contributed by atoms with Crippen molar-refractivity contribution in [1.29, 1.82) is 0 Å². The topological polar surface area (TPSA) is 89.2 Å². The van der Waals surface area contributed by atoms with Crippen LogP contribution in [0.4, 0.5) is 17.3 Å². The van der Waals surface area contributed by atoms with Gasteiger partial charge in [-0.2, -0.15) is 0 Å². The lowest BCUT2D eigenvalue weighted by Gasteiger charge is -2.17. The lowest BCUT2D eigenvalue weighted by Crippen LogP contribution is -2.44. The molecule has 1 amide bonds. The minimum atomic E-state index is -0.806. The van der Waals surface area contributed by atoms with Crippen molar-refractivity contribution in [2.24, 2.45) is 0 Å². The molecule has 0 saturated carbocycles. The zero-order valence-electron chi connectivity index (χ0n) is 16.3. The monoisotopic (exact) mass is 391 g/mol. The number of carbonyl (C=O) groups excluding carboxylic acids is 1. The molecule has 0 spiro atoms. The number of nitrogens with one attached hydrogen (secondary N) is 1. The zero-order chi connectivity index (χ0) is 20.5. The summed E-state index contributed by atoms with van der Waals surface area (Å²) in [6, 6.07) is 15.1. The van der Waals surface area contributed by atoms with Crippen LogP contribution in [0.3, 0.4) is 0 Å². The van der Waals surface area contributed by atoms with Gasteiger partial charge in [-0.15, -0.1) is 5.10 Å². The number of para-hydroxylation sites is 1. The number of aromatic nitrogens is 3. The van der Waals surface area contributed by atoms with Crippen LogP contribution in [0.1, 0.15) is 11.1 Å². The highest BCUT2D eigenvalue weighted by Crippen LogP contribution is 2.25. The predicted octanol–water partition coefficient (Wildman–Crippen LogP) is 1.81. The second kappa shape index (κ2) is 7.38. The Kier molecular flexibility index (Phi) is 4.75. The van der Waals surface area contributed by atoms with Gasteiger partial charge in [0.15, 0.2) is 0 Å². The summed E-state index contributed by atoms with van der Waals surface area (Å²) in [6.07, 6.45) is 0. The Morgan fingerprint density at radius 1 is 1.00 bits per heavy atom. The first-order chi connectivity index (χ1) is 14.0. The number of anilines is 3. The largest absolute Gasteiger partial charge is 0.333 e. The molecule has 2 aromatic carbocycles. The molecule has 1 aliphatic rings. The number of nitrogens with zero attached hydrogens (tertiary/aromatic N) is 4. The highest BCUT2D eigenvalue weighted by molar-refractivity contribution is 5.91. The van der Waals surface area contributed by atoms with Gasteiger partial charge in [0, 0.05) is 24.5 Å². The molecule has 29 heavy (non-hydrogen) atoms. The molecule has 0 atom stereocenters. The van der Waals surface area contributed by atoms with Crippen molar-refractivity contribution >= 4 is 23.2 Å². The molecule has 1 aromatic heterocycles. The quantitative estimate of drug-likeness (QED) is 0.685. The SMILES string of the molecule is Cc1cccc(NC(=O)Cn2nc3n(c(=O)c2=O)CCN3c2ccccc2)c1C. The van der Waals surface area contributed by atoms with Crippen LogP contribution >= 0.6 is 0 Å². The number of amides is 1. The van der Waals surface area contributed by atoms with E-state index in [9.17, 15) is 14.4 Å². The number of fused-ring (bicyclic) bond motifs is 1. The van der Waals surface area contributed by atoms with Crippen molar-refractivity contribution in [2.45, 2.75) is 26.9 Å². The minimum absolute atomic E-state index is 0.335. The molecule has 1 aliphatic heterocycles. The van der Waals surface area contributed by atoms with Crippen molar-refractivity contribution < 1.29 is 4.79 Å². The molecule has 8 heteroatoms. The van der Waals surface area contributed by atoms with Crippen molar-refractivity contribution in [2.75, 3.05) is 16.8 Å². The summed E-state index contributed by atoms with van der Waals surface area (Å²) >= 11 is 0. The maximum Gasteiger partial charge on any atom is 0.333 e. The van der Waals surface area contributed by atoms with Crippen LogP contribution in [0.2, 0.25) is 0 Å². The number of carbonyl (C=O) groups is 1. The number of rotatable bonds is 4. The summed E-state index contributed by atoms with van der Waals surface area (Å²) in [4.78, 5) is 39.4. The van der Waals surface area contributed by atoms with Crippen LogP contribution in [0.15, 0.2) is 58.1 Å². The molecule has 0 saturated heterocycles. The first kappa shape index (κ1) is 18.7. The summed E-state index contributed by atoms with van der Waals surface area (Å²) < 4.78 is 2.30. The summed E-state index contributed by atoms with van der Waals surface area (Å²) in [5.74, 6) is -0.0535. The van der Waals surface area contributed by atoms with Gasteiger partial charge in [0.2, 0.25) is 11.9 Å². The predicted molar refractivity (Wildman–Crippen MR) is 111 cm³/mol. The molecule has 0 bridgehead atoms. The van der Waals surface area contributed by atoms with E-state index in [4.69, 9.17) is 0 Å². The van der Waals surface area contributed by atoms with E-state index in [2.05, 4.69) is 10.4 Å². The summed E-state index contributed by atoms with van der Waals surface area (Å²) in [7, 11) is 0. The van der Waals surface area contributed by atoms with E-state index in [-0.39, 0.29) is 6.54 Å². The normalized spacial score (nSPS) is 12.7. The fourth-order valence-corrected chi connectivity index (χ4v) is 3.40. The number of hydrogen-bond donors (Lipinski definition) is 1. The van der Waals surface area contributed by atoms with Crippen molar-refractivity contribution in [3.8, 4) is 0 Å². The van der Waals surface area contributed by atoms with E-state index in [1.54, 1.807) is 6.07 Å². The van der Waals surface area contributed by atoms with E-state index in [0.717, 1.165) is 21.5 Å². The summed E-state index contributed by atoms with van der Waals surface area (Å²) in [5.41, 5.74) is 2.06. The van der Waals surface area contributed by atoms with Crippen LogP contribution in [0.5, 0.6) is 0 Å². The summed E-state index contributed by atoms with van der Waals surface area (Å²) in [6.45, 7) is 4.44. The maximum atomic E-state index is 12.5. The van der Waals surface area contributed by atoms with Gasteiger partial charge in [-0.1, -0.05) is 30.3 Å². The van der Waals surface area contributed by atoms with Gasteiger partial charge in [0.25, 0.3) is 0 Å². The van der Waals surface area contributed by atoms with E-state index < -0.39 is 17.0 Å². The maximum absolute atomic E-state index is 12.5. The van der Waals surface area contributed by atoms with Gasteiger partial charge in [-0.25, -0.2) is 4.68 Å². The van der Waals surface area contributed by atoms with Gasteiger partial charge < -0.3 is 10.2 Å². The average molecular weight is 391 g/mol. The van der Waals surface area contributed by atoms with Gasteiger partial charge >= 0.3 is 11.1 Å². The lowest BCUT2D eigenvalue weighted by atomic mass is 10.1. The third-order valence-electron chi connectivity index (χ3n) is 5.14. The summed E-state index contributed by atoms with van der Waals surface area (Å²) in [5, 5.41) is 7.12.